The lowest BCUT2D eigenvalue weighted by atomic mass is 9.98. The van der Waals surface area contributed by atoms with E-state index in [1.165, 1.54) is 6.07 Å². The molecule has 0 bridgehead atoms. The lowest BCUT2D eigenvalue weighted by molar-refractivity contribution is -0.147. The van der Waals surface area contributed by atoms with Crippen molar-refractivity contribution in [3.63, 3.8) is 0 Å². The molecule has 0 fully saturated rings. The molecule has 4 nitrogen and oxygen atoms in total. The van der Waals surface area contributed by atoms with Crippen LogP contribution in [0.3, 0.4) is 0 Å². The zero-order chi connectivity index (χ0) is 20.0. The second-order valence-corrected chi connectivity index (χ2v) is 6.32. The van der Waals surface area contributed by atoms with Crippen molar-refractivity contribution in [1.82, 2.24) is 0 Å². The molecule has 2 rings (SSSR count). The second kappa shape index (κ2) is 8.90. The maximum atomic E-state index is 12.8. The Bertz CT molecular complexity index is 810. The molecular weight excluding hydrogens is 383 g/mol. The van der Waals surface area contributed by atoms with E-state index < -0.39 is 35.2 Å². The van der Waals surface area contributed by atoms with E-state index in [1.54, 1.807) is 0 Å². The molecule has 0 spiro atoms. The summed E-state index contributed by atoms with van der Waals surface area (Å²) in [5.41, 5.74) is -0.194. The third-order valence-corrected chi connectivity index (χ3v) is 4.09. The summed E-state index contributed by atoms with van der Waals surface area (Å²) in [6, 6.07) is 12.3. The van der Waals surface area contributed by atoms with Crippen LogP contribution in [0.25, 0.3) is 0 Å². The van der Waals surface area contributed by atoms with Crippen LogP contribution in [-0.4, -0.2) is 18.5 Å². The summed E-state index contributed by atoms with van der Waals surface area (Å²) in [7, 11) is 0. The molecule has 0 unspecified atom stereocenters. The maximum Gasteiger partial charge on any atom is 0.417 e. The Morgan fingerprint density at radius 2 is 1.81 bits per heavy atom. The predicted molar refractivity (Wildman–Crippen MR) is 95.5 cm³/mol. The molecule has 1 N–H and O–H groups in total. The second-order valence-electron chi connectivity index (χ2n) is 5.92. The molecule has 1 atom stereocenters. The van der Waals surface area contributed by atoms with Crippen LogP contribution in [0.1, 0.15) is 30.4 Å². The van der Waals surface area contributed by atoms with Crippen molar-refractivity contribution < 1.29 is 27.5 Å². The van der Waals surface area contributed by atoms with Crippen molar-refractivity contribution in [2.45, 2.75) is 25.4 Å². The lowest BCUT2D eigenvalue weighted by Crippen LogP contribution is -2.21. The van der Waals surface area contributed by atoms with E-state index in [4.69, 9.17) is 16.3 Å². The molecule has 2 aromatic rings. The van der Waals surface area contributed by atoms with E-state index in [9.17, 15) is 22.8 Å². The molecule has 0 aromatic heterocycles. The van der Waals surface area contributed by atoms with Gasteiger partial charge in [0.1, 0.15) is 0 Å². The summed E-state index contributed by atoms with van der Waals surface area (Å²) in [5.74, 6) is -1.41. The van der Waals surface area contributed by atoms with Gasteiger partial charge in [-0.15, -0.1) is 0 Å². The van der Waals surface area contributed by atoms with E-state index in [1.807, 2.05) is 37.3 Å². The molecule has 2 aromatic carbocycles. The summed E-state index contributed by atoms with van der Waals surface area (Å²) in [6.07, 6.45) is -4.56. The van der Waals surface area contributed by atoms with E-state index in [2.05, 4.69) is 5.32 Å². The standard InChI is InChI=1S/C19H17ClF3NO3/c1-12(13-5-3-2-4-6-13)9-18(26)27-11-17(25)24-14-7-8-16(20)15(10-14)19(21,22)23/h2-8,10,12H,9,11H2,1H3,(H,24,25)/t12-/m1/s1. The van der Waals surface area contributed by atoms with Crippen LogP contribution in [0.5, 0.6) is 0 Å². The highest BCUT2D eigenvalue weighted by Crippen LogP contribution is 2.36. The number of hydrogen-bond donors (Lipinski definition) is 1. The average molecular weight is 400 g/mol. The zero-order valence-corrected chi connectivity index (χ0v) is 15.1. The van der Waals surface area contributed by atoms with Gasteiger partial charge in [-0.25, -0.2) is 0 Å². The average Bonchev–Trinajstić information content (AvgIpc) is 2.61. The van der Waals surface area contributed by atoms with E-state index >= 15 is 0 Å². The first kappa shape index (κ1) is 20.8. The molecule has 144 valence electrons. The fraction of sp³-hybridized carbons (Fsp3) is 0.263. The number of benzene rings is 2. The van der Waals surface area contributed by atoms with Crippen molar-refractivity contribution in [2.75, 3.05) is 11.9 Å². The first-order valence-electron chi connectivity index (χ1n) is 8.04. The van der Waals surface area contributed by atoms with Crippen molar-refractivity contribution in [2.24, 2.45) is 0 Å². The van der Waals surface area contributed by atoms with Gasteiger partial charge in [0, 0.05) is 5.69 Å². The summed E-state index contributed by atoms with van der Waals surface area (Å²) >= 11 is 5.52. The first-order chi connectivity index (χ1) is 12.7. The number of amides is 1. The zero-order valence-electron chi connectivity index (χ0n) is 14.3. The number of carbonyl (C=O) groups excluding carboxylic acids is 2. The Morgan fingerprint density at radius 1 is 1.15 bits per heavy atom. The third-order valence-electron chi connectivity index (χ3n) is 3.76. The topological polar surface area (TPSA) is 55.4 Å². The molecule has 0 saturated carbocycles. The van der Waals surface area contributed by atoms with Crippen LogP contribution in [0.15, 0.2) is 48.5 Å². The highest BCUT2D eigenvalue weighted by atomic mass is 35.5. The van der Waals surface area contributed by atoms with Gasteiger partial charge in [0.2, 0.25) is 0 Å². The van der Waals surface area contributed by atoms with E-state index in [-0.39, 0.29) is 18.0 Å². The normalized spacial score (nSPS) is 12.3. The predicted octanol–water partition coefficient (Wildman–Crippen LogP) is 5.03. The summed E-state index contributed by atoms with van der Waals surface area (Å²) < 4.78 is 43.3. The van der Waals surface area contributed by atoms with Crippen molar-refractivity contribution >= 4 is 29.2 Å². The SMILES string of the molecule is C[C@H](CC(=O)OCC(=O)Nc1ccc(Cl)c(C(F)(F)F)c1)c1ccccc1. The molecule has 27 heavy (non-hydrogen) atoms. The number of halogens is 4. The number of carbonyl (C=O) groups is 2. The van der Waals surface area contributed by atoms with E-state index in [0.29, 0.717) is 0 Å². The van der Waals surface area contributed by atoms with Crippen LogP contribution in [0, 0.1) is 0 Å². The Balaban J connectivity index is 1.86. The number of esters is 1. The van der Waals surface area contributed by atoms with Gasteiger partial charge in [0.05, 0.1) is 17.0 Å². The van der Waals surface area contributed by atoms with E-state index in [0.717, 1.165) is 17.7 Å². The van der Waals surface area contributed by atoms with Crippen LogP contribution in [0.4, 0.5) is 18.9 Å². The van der Waals surface area contributed by atoms with Gasteiger partial charge in [-0.1, -0.05) is 48.9 Å². The molecular formula is C19H17ClF3NO3. The third kappa shape index (κ3) is 6.29. The number of rotatable bonds is 6. The Kier molecular flexibility index (Phi) is 6.85. The molecule has 0 aliphatic heterocycles. The molecule has 0 aliphatic carbocycles. The molecule has 0 saturated heterocycles. The van der Waals surface area contributed by atoms with Crippen LogP contribution in [0.2, 0.25) is 5.02 Å². The Morgan fingerprint density at radius 3 is 2.44 bits per heavy atom. The molecule has 0 radical (unpaired) electrons. The Labute approximate surface area is 159 Å². The van der Waals surface area contributed by atoms with Gasteiger partial charge in [-0.05, 0) is 29.7 Å². The maximum absolute atomic E-state index is 12.8. The smallest absolute Gasteiger partial charge is 0.417 e. The molecule has 8 heteroatoms. The highest BCUT2D eigenvalue weighted by Gasteiger charge is 2.33. The number of ether oxygens (including phenoxy) is 1. The minimum atomic E-state index is -4.64. The van der Waals surface area contributed by atoms with Gasteiger partial charge in [-0.3, -0.25) is 9.59 Å². The quantitative estimate of drug-likeness (QED) is 0.693. The summed E-state index contributed by atoms with van der Waals surface area (Å²) in [6.45, 7) is 1.26. The minimum Gasteiger partial charge on any atom is -0.456 e. The van der Waals surface area contributed by atoms with Crippen LogP contribution >= 0.6 is 11.6 Å². The summed E-state index contributed by atoms with van der Waals surface area (Å²) in [4.78, 5) is 23.7. The Hall–Kier alpha value is -2.54. The van der Waals surface area contributed by atoms with Crippen molar-refractivity contribution in [1.29, 1.82) is 0 Å². The number of nitrogens with one attached hydrogen (secondary N) is 1. The number of anilines is 1. The molecule has 0 aliphatic rings. The number of alkyl halides is 3. The van der Waals surface area contributed by atoms with Gasteiger partial charge in [0.25, 0.3) is 5.91 Å². The molecule has 1 amide bonds. The van der Waals surface area contributed by atoms with Gasteiger partial charge in [-0.2, -0.15) is 13.2 Å². The first-order valence-corrected chi connectivity index (χ1v) is 8.42. The minimum absolute atomic E-state index is 0.0798. The van der Waals surface area contributed by atoms with Crippen LogP contribution < -0.4 is 5.32 Å². The molecule has 0 heterocycles. The fourth-order valence-electron chi connectivity index (χ4n) is 2.37. The van der Waals surface area contributed by atoms with Crippen LogP contribution in [-0.2, 0) is 20.5 Å². The largest absolute Gasteiger partial charge is 0.456 e. The lowest BCUT2D eigenvalue weighted by Gasteiger charge is -2.13. The fourth-order valence-corrected chi connectivity index (χ4v) is 2.60. The van der Waals surface area contributed by atoms with Gasteiger partial charge >= 0.3 is 12.1 Å². The van der Waals surface area contributed by atoms with Crippen molar-refractivity contribution in [3.05, 3.63) is 64.7 Å². The van der Waals surface area contributed by atoms with Gasteiger partial charge < -0.3 is 10.1 Å². The van der Waals surface area contributed by atoms with Crippen molar-refractivity contribution in [3.8, 4) is 0 Å². The monoisotopic (exact) mass is 399 g/mol. The summed E-state index contributed by atoms with van der Waals surface area (Å²) in [5, 5.41) is 1.78. The highest BCUT2D eigenvalue weighted by molar-refractivity contribution is 6.31. The number of hydrogen-bond acceptors (Lipinski definition) is 3. The van der Waals surface area contributed by atoms with Gasteiger partial charge in [0.15, 0.2) is 6.61 Å².